The first-order chi connectivity index (χ1) is 13.0. The van der Waals surface area contributed by atoms with E-state index in [1.807, 2.05) is 20.8 Å². The number of nitrogens with one attached hydrogen (secondary N) is 1. The summed E-state index contributed by atoms with van der Waals surface area (Å²) in [6, 6.07) is 2.89. The molecule has 1 unspecified atom stereocenters. The SMILES string of the molecule is Cc1cc([C@@H](C)NS(=O)C(C)(C)C)c2nc(C(C)(C)C(F)(F)F)n(C)c(=O)c2c1. The first kappa shape index (κ1) is 23.5. The number of aryl methyl sites for hydroxylation is 1. The molecule has 0 fully saturated rings. The van der Waals surface area contributed by atoms with Crippen molar-refractivity contribution in [1.82, 2.24) is 14.3 Å². The molecule has 0 amide bonds. The molecule has 0 aliphatic rings. The fourth-order valence-corrected chi connectivity index (χ4v) is 3.77. The van der Waals surface area contributed by atoms with Crippen molar-refractivity contribution in [2.45, 2.75) is 70.8 Å². The standard InChI is InChI=1S/C20H28F3N3O2S/c1-11-9-13(12(2)25-29(28)18(3,4)5)15-14(10-11)16(27)26(8)17(24-15)19(6,7)20(21,22)23/h9-10,12,25H,1-8H3/t12-,29?/m1/s1. The van der Waals surface area contributed by atoms with Crippen molar-refractivity contribution in [3.8, 4) is 0 Å². The Hall–Kier alpha value is -1.74. The largest absolute Gasteiger partial charge is 0.400 e. The first-order valence-corrected chi connectivity index (χ1v) is 10.4. The quantitative estimate of drug-likeness (QED) is 0.789. The number of aromatic nitrogens is 2. The summed E-state index contributed by atoms with van der Waals surface area (Å²) in [6.45, 7) is 11.0. The topological polar surface area (TPSA) is 64.0 Å². The molecule has 1 aromatic carbocycles. The zero-order valence-corrected chi connectivity index (χ0v) is 18.8. The maximum Gasteiger partial charge on any atom is 0.400 e. The fourth-order valence-electron chi connectivity index (χ4n) is 2.97. The van der Waals surface area contributed by atoms with Gasteiger partial charge in [0.05, 0.1) is 26.6 Å². The van der Waals surface area contributed by atoms with E-state index in [-0.39, 0.29) is 16.7 Å². The van der Waals surface area contributed by atoms with E-state index in [0.717, 1.165) is 24.0 Å². The molecule has 29 heavy (non-hydrogen) atoms. The summed E-state index contributed by atoms with van der Waals surface area (Å²) in [5, 5.41) is 0.236. The molecule has 9 heteroatoms. The predicted octanol–water partition coefficient (Wildman–Crippen LogP) is 4.19. The van der Waals surface area contributed by atoms with Crippen LogP contribution < -0.4 is 10.3 Å². The predicted molar refractivity (Wildman–Crippen MR) is 110 cm³/mol. The van der Waals surface area contributed by atoms with Crippen LogP contribution in [-0.4, -0.2) is 24.7 Å². The molecule has 162 valence electrons. The fraction of sp³-hybridized carbons (Fsp3) is 0.600. The Morgan fingerprint density at radius 3 is 2.17 bits per heavy atom. The van der Waals surface area contributed by atoms with Gasteiger partial charge in [0, 0.05) is 13.1 Å². The molecule has 2 aromatic rings. The summed E-state index contributed by atoms with van der Waals surface area (Å²) < 4.78 is 56.9. The average Bonchev–Trinajstić information content (AvgIpc) is 2.55. The van der Waals surface area contributed by atoms with Gasteiger partial charge in [-0.05, 0) is 65.7 Å². The monoisotopic (exact) mass is 431 g/mol. The summed E-state index contributed by atoms with van der Waals surface area (Å²) in [6.07, 6.45) is -4.58. The Morgan fingerprint density at radius 2 is 1.69 bits per heavy atom. The molecule has 0 saturated heterocycles. The molecule has 0 bridgehead atoms. The van der Waals surface area contributed by atoms with Gasteiger partial charge in [-0.25, -0.2) is 13.9 Å². The van der Waals surface area contributed by atoms with Crippen LogP contribution >= 0.6 is 0 Å². The highest BCUT2D eigenvalue weighted by molar-refractivity contribution is 7.84. The molecule has 1 N–H and O–H groups in total. The normalized spacial score (nSPS) is 15.6. The van der Waals surface area contributed by atoms with Gasteiger partial charge in [-0.15, -0.1) is 0 Å². The number of rotatable bonds is 4. The molecule has 0 aliphatic heterocycles. The number of benzene rings is 1. The van der Waals surface area contributed by atoms with E-state index < -0.39 is 38.9 Å². The number of halogens is 3. The van der Waals surface area contributed by atoms with Crippen LogP contribution in [0.3, 0.4) is 0 Å². The third-order valence-corrected chi connectivity index (χ3v) is 6.61. The van der Waals surface area contributed by atoms with Crippen molar-refractivity contribution >= 4 is 21.9 Å². The lowest BCUT2D eigenvalue weighted by atomic mass is 9.90. The van der Waals surface area contributed by atoms with Gasteiger partial charge in [0.1, 0.15) is 11.2 Å². The smallest absolute Gasteiger partial charge is 0.299 e. The Kier molecular flexibility index (Phi) is 6.09. The van der Waals surface area contributed by atoms with Crippen molar-refractivity contribution in [3.63, 3.8) is 0 Å². The van der Waals surface area contributed by atoms with Gasteiger partial charge in [0.2, 0.25) is 0 Å². The van der Waals surface area contributed by atoms with Crippen LogP contribution in [0.2, 0.25) is 0 Å². The average molecular weight is 432 g/mol. The molecule has 0 spiro atoms. The molecule has 0 aliphatic carbocycles. The highest BCUT2D eigenvalue weighted by atomic mass is 32.2. The summed E-state index contributed by atoms with van der Waals surface area (Å²) in [5.41, 5.74) is -1.37. The van der Waals surface area contributed by atoms with Crippen molar-refractivity contribution in [3.05, 3.63) is 39.4 Å². The number of alkyl halides is 3. The summed E-state index contributed by atoms with van der Waals surface area (Å²) in [4.78, 5) is 17.2. The first-order valence-electron chi connectivity index (χ1n) is 9.25. The Labute approximate surface area is 171 Å². The molecular formula is C20H28F3N3O2S. The molecule has 2 atom stereocenters. The van der Waals surface area contributed by atoms with Gasteiger partial charge >= 0.3 is 6.18 Å². The Morgan fingerprint density at radius 1 is 1.14 bits per heavy atom. The highest BCUT2D eigenvalue weighted by Gasteiger charge is 2.51. The number of nitrogens with zero attached hydrogens (tertiary/aromatic N) is 2. The van der Waals surface area contributed by atoms with E-state index in [4.69, 9.17) is 0 Å². The lowest BCUT2D eigenvalue weighted by Crippen LogP contribution is -2.42. The maximum absolute atomic E-state index is 13.6. The summed E-state index contributed by atoms with van der Waals surface area (Å²) in [5.74, 6) is -0.364. The van der Waals surface area contributed by atoms with Gasteiger partial charge in [-0.2, -0.15) is 13.2 Å². The van der Waals surface area contributed by atoms with Crippen LogP contribution in [0.1, 0.15) is 64.5 Å². The summed E-state index contributed by atoms with van der Waals surface area (Å²) >= 11 is 0. The van der Waals surface area contributed by atoms with Crippen LogP contribution in [0.4, 0.5) is 13.2 Å². The van der Waals surface area contributed by atoms with Gasteiger partial charge < -0.3 is 0 Å². The third kappa shape index (κ3) is 4.40. The minimum atomic E-state index is -4.58. The molecule has 1 aromatic heterocycles. The van der Waals surface area contributed by atoms with Crippen molar-refractivity contribution in [2.75, 3.05) is 0 Å². The van der Waals surface area contributed by atoms with E-state index >= 15 is 0 Å². The summed E-state index contributed by atoms with van der Waals surface area (Å²) in [7, 11) is -0.103. The second-order valence-corrected chi connectivity index (χ2v) is 10.9. The van der Waals surface area contributed by atoms with Gasteiger partial charge in [-0.3, -0.25) is 9.36 Å². The van der Waals surface area contributed by atoms with E-state index in [0.29, 0.717) is 5.56 Å². The van der Waals surface area contributed by atoms with Crippen molar-refractivity contribution in [2.24, 2.45) is 7.05 Å². The molecule has 2 rings (SSSR count). The van der Waals surface area contributed by atoms with Gasteiger partial charge in [-0.1, -0.05) is 6.07 Å². The second-order valence-electron chi connectivity index (χ2n) is 8.89. The lowest BCUT2D eigenvalue weighted by Gasteiger charge is -2.29. The molecule has 5 nitrogen and oxygen atoms in total. The van der Waals surface area contributed by atoms with Crippen molar-refractivity contribution in [1.29, 1.82) is 0 Å². The van der Waals surface area contributed by atoms with Crippen LogP contribution in [0.15, 0.2) is 16.9 Å². The maximum atomic E-state index is 13.6. The zero-order valence-electron chi connectivity index (χ0n) is 18.0. The van der Waals surface area contributed by atoms with Crippen LogP contribution in [0.25, 0.3) is 10.9 Å². The van der Waals surface area contributed by atoms with E-state index in [9.17, 15) is 22.2 Å². The number of fused-ring (bicyclic) bond motifs is 1. The van der Waals surface area contributed by atoms with Crippen molar-refractivity contribution < 1.29 is 17.4 Å². The number of hydrogen-bond acceptors (Lipinski definition) is 3. The second kappa shape index (κ2) is 7.50. The Balaban J connectivity index is 2.79. The Bertz CT molecular complexity index is 1020. The highest BCUT2D eigenvalue weighted by Crippen LogP contribution is 2.39. The van der Waals surface area contributed by atoms with Gasteiger partial charge in [0.15, 0.2) is 0 Å². The van der Waals surface area contributed by atoms with E-state index in [1.54, 1.807) is 26.0 Å². The van der Waals surface area contributed by atoms with Crippen LogP contribution in [0.5, 0.6) is 0 Å². The minimum absolute atomic E-state index is 0.192. The molecular weight excluding hydrogens is 403 g/mol. The van der Waals surface area contributed by atoms with E-state index in [1.165, 1.54) is 7.05 Å². The lowest BCUT2D eigenvalue weighted by molar-refractivity contribution is -0.183. The zero-order chi connectivity index (χ0) is 22.5. The van der Waals surface area contributed by atoms with Gasteiger partial charge in [0.25, 0.3) is 5.56 Å². The van der Waals surface area contributed by atoms with Crippen LogP contribution in [0, 0.1) is 6.92 Å². The minimum Gasteiger partial charge on any atom is -0.299 e. The number of hydrogen-bond donors (Lipinski definition) is 1. The van der Waals surface area contributed by atoms with E-state index in [2.05, 4.69) is 9.71 Å². The van der Waals surface area contributed by atoms with Crippen LogP contribution in [-0.2, 0) is 23.4 Å². The molecule has 0 saturated carbocycles. The molecule has 1 heterocycles. The third-order valence-electron chi connectivity index (χ3n) is 4.93. The molecule has 0 radical (unpaired) electrons.